The van der Waals surface area contributed by atoms with Gasteiger partial charge in [0.1, 0.15) is 0 Å². The Bertz CT molecular complexity index is 659. The summed E-state index contributed by atoms with van der Waals surface area (Å²) < 4.78 is 5.51. The van der Waals surface area contributed by atoms with Crippen molar-refractivity contribution >= 4 is 11.9 Å². The Hall–Kier alpha value is -2.12. The molecule has 2 rings (SSSR count). The molecule has 2 N–H and O–H groups in total. The highest BCUT2D eigenvalue weighted by Gasteiger charge is 2.21. The Kier molecular flexibility index (Phi) is 11.4. The molecule has 0 radical (unpaired) electrons. The second-order valence-corrected chi connectivity index (χ2v) is 8.56. The van der Waals surface area contributed by atoms with Crippen LogP contribution in [0.1, 0.15) is 39.2 Å². The van der Waals surface area contributed by atoms with Crippen LogP contribution >= 0.6 is 0 Å². The highest BCUT2D eigenvalue weighted by atomic mass is 16.5. The van der Waals surface area contributed by atoms with E-state index in [-0.39, 0.29) is 5.91 Å². The third-order valence-electron chi connectivity index (χ3n) is 5.43. The van der Waals surface area contributed by atoms with Crippen molar-refractivity contribution in [3.05, 3.63) is 35.9 Å². The summed E-state index contributed by atoms with van der Waals surface area (Å²) in [6.07, 6.45) is 1.55. The van der Waals surface area contributed by atoms with E-state index < -0.39 is 0 Å². The van der Waals surface area contributed by atoms with Crippen LogP contribution in [-0.4, -0.2) is 80.7 Å². The fraction of sp³-hybridized carbons (Fsp3) is 0.667. The lowest BCUT2D eigenvalue weighted by molar-refractivity contribution is -0.130. The van der Waals surface area contributed by atoms with Crippen LogP contribution in [0.4, 0.5) is 0 Å². The number of nitrogens with zero attached hydrogens (tertiary/aromatic N) is 3. The molecule has 7 heteroatoms. The molecule has 1 heterocycles. The molecular weight excluding hydrogens is 390 g/mol. The van der Waals surface area contributed by atoms with Crippen LogP contribution in [0, 0.1) is 5.92 Å². The Balaban J connectivity index is 1.84. The van der Waals surface area contributed by atoms with Crippen LogP contribution in [-0.2, 0) is 16.1 Å². The van der Waals surface area contributed by atoms with E-state index in [4.69, 9.17) is 9.73 Å². The molecule has 0 aromatic heterocycles. The molecule has 1 atom stereocenters. The summed E-state index contributed by atoms with van der Waals surface area (Å²) in [4.78, 5) is 21.6. The quantitative estimate of drug-likeness (QED) is 0.416. The summed E-state index contributed by atoms with van der Waals surface area (Å²) in [6, 6.07) is 10.5. The van der Waals surface area contributed by atoms with Gasteiger partial charge in [0.2, 0.25) is 5.91 Å². The molecule has 1 aromatic rings. The summed E-state index contributed by atoms with van der Waals surface area (Å²) in [5.74, 6) is 1.53. The number of carbonyl (C=O) groups is 1. The number of carbonyl (C=O) groups excluding carboxylic acids is 1. The Labute approximate surface area is 188 Å². The number of morpholine rings is 1. The Morgan fingerprint density at radius 2 is 1.90 bits per heavy atom. The molecule has 1 aromatic carbocycles. The zero-order valence-electron chi connectivity index (χ0n) is 19.8. The Morgan fingerprint density at radius 3 is 2.55 bits per heavy atom. The number of hydrogen-bond acceptors (Lipinski definition) is 4. The molecule has 1 unspecified atom stereocenters. The summed E-state index contributed by atoms with van der Waals surface area (Å²) in [5, 5.41) is 6.64. The Morgan fingerprint density at radius 1 is 1.19 bits per heavy atom. The third-order valence-corrected chi connectivity index (χ3v) is 5.43. The maximum Gasteiger partial charge on any atom is 0.224 e. The van der Waals surface area contributed by atoms with Crippen molar-refractivity contribution in [2.24, 2.45) is 10.9 Å². The van der Waals surface area contributed by atoms with Gasteiger partial charge in [0.15, 0.2) is 5.96 Å². The van der Waals surface area contributed by atoms with Crippen LogP contribution in [0.3, 0.4) is 0 Å². The predicted octanol–water partition coefficient (Wildman–Crippen LogP) is 2.34. The van der Waals surface area contributed by atoms with Crippen molar-refractivity contribution < 1.29 is 9.53 Å². The number of amides is 1. The van der Waals surface area contributed by atoms with E-state index in [0.717, 1.165) is 57.3 Å². The van der Waals surface area contributed by atoms with Crippen molar-refractivity contribution in [1.29, 1.82) is 0 Å². The number of hydrogen-bond donors (Lipinski definition) is 2. The zero-order chi connectivity index (χ0) is 22.5. The van der Waals surface area contributed by atoms with Gasteiger partial charge in [0, 0.05) is 52.2 Å². The molecule has 0 spiro atoms. The largest absolute Gasteiger partial charge is 0.379 e. The standard InChI is InChI=1S/C24H41N5O2/c1-5-25-24(27-18-22(17-20(2)3)29-13-15-31-16-14-29)26-12-11-23(30)28(4)19-21-9-7-6-8-10-21/h6-10,20,22H,5,11-19H2,1-4H3,(H2,25,26,27). The van der Waals surface area contributed by atoms with Gasteiger partial charge in [-0.3, -0.25) is 14.7 Å². The van der Waals surface area contributed by atoms with E-state index >= 15 is 0 Å². The molecule has 0 bridgehead atoms. The normalized spacial score (nSPS) is 16.2. The van der Waals surface area contributed by atoms with E-state index in [2.05, 4.69) is 36.3 Å². The van der Waals surface area contributed by atoms with Gasteiger partial charge in [-0.25, -0.2) is 0 Å². The second-order valence-electron chi connectivity index (χ2n) is 8.56. The van der Waals surface area contributed by atoms with Crippen molar-refractivity contribution in [3.8, 4) is 0 Å². The topological polar surface area (TPSA) is 69.2 Å². The molecule has 1 amide bonds. The van der Waals surface area contributed by atoms with Crippen LogP contribution in [0.5, 0.6) is 0 Å². The molecule has 1 fully saturated rings. The van der Waals surface area contributed by atoms with Crippen molar-refractivity contribution in [2.75, 3.05) is 53.0 Å². The summed E-state index contributed by atoms with van der Waals surface area (Å²) >= 11 is 0. The third kappa shape index (κ3) is 9.70. The van der Waals surface area contributed by atoms with Gasteiger partial charge in [0.05, 0.1) is 19.8 Å². The van der Waals surface area contributed by atoms with Gasteiger partial charge in [-0.15, -0.1) is 0 Å². The van der Waals surface area contributed by atoms with Crippen LogP contribution < -0.4 is 10.6 Å². The second kappa shape index (κ2) is 14.0. The number of aliphatic imine (C=N–C) groups is 1. The monoisotopic (exact) mass is 431 g/mol. The fourth-order valence-corrected chi connectivity index (χ4v) is 3.79. The molecule has 0 aliphatic carbocycles. The minimum atomic E-state index is 0.123. The van der Waals surface area contributed by atoms with Crippen molar-refractivity contribution in [2.45, 2.75) is 46.2 Å². The average Bonchev–Trinajstić information content (AvgIpc) is 2.77. The lowest BCUT2D eigenvalue weighted by atomic mass is 10.0. The van der Waals surface area contributed by atoms with E-state index in [1.165, 1.54) is 0 Å². The van der Waals surface area contributed by atoms with Gasteiger partial charge in [-0.1, -0.05) is 44.2 Å². The highest BCUT2D eigenvalue weighted by molar-refractivity contribution is 5.81. The summed E-state index contributed by atoms with van der Waals surface area (Å²) in [6.45, 7) is 12.9. The first-order valence-electron chi connectivity index (χ1n) is 11.6. The van der Waals surface area contributed by atoms with Crippen LogP contribution in [0.2, 0.25) is 0 Å². The number of benzene rings is 1. The highest BCUT2D eigenvalue weighted by Crippen LogP contribution is 2.14. The molecule has 31 heavy (non-hydrogen) atoms. The number of guanidine groups is 1. The van der Waals surface area contributed by atoms with E-state index in [1.54, 1.807) is 4.90 Å². The van der Waals surface area contributed by atoms with E-state index in [9.17, 15) is 4.79 Å². The van der Waals surface area contributed by atoms with Gasteiger partial charge in [-0.2, -0.15) is 0 Å². The van der Waals surface area contributed by atoms with Crippen LogP contribution in [0.25, 0.3) is 0 Å². The maximum absolute atomic E-state index is 12.5. The average molecular weight is 432 g/mol. The number of nitrogens with one attached hydrogen (secondary N) is 2. The van der Waals surface area contributed by atoms with Gasteiger partial charge >= 0.3 is 0 Å². The van der Waals surface area contributed by atoms with Crippen LogP contribution in [0.15, 0.2) is 35.3 Å². The first-order chi connectivity index (χ1) is 15.0. The minimum absolute atomic E-state index is 0.123. The summed E-state index contributed by atoms with van der Waals surface area (Å²) in [5.41, 5.74) is 1.14. The first-order valence-corrected chi connectivity index (χ1v) is 11.6. The number of rotatable bonds is 11. The lowest BCUT2D eigenvalue weighted by Gasteiger charge is -2.34. The van der Waals surface area contributed by atoms with Gasteiger partial charge < -0.3 is 20.3 Å². The predicted molar refractivity (Wildman–Crippen MR) is 127 cm³/mol. The molecule has 1 aliphatic rings. The lowest BCUT2D eigenvalue weighted by Crippen LogP contribution is -2.46. The van der Waals surface area contributed by atoms with Crippen molar-refractivity contribution in [1.82, 2.24) is 20.4 Å². The minimum Gasteiger partial charge on any atom is -0.379 e. The van der Waals surface area contributed by atoms with Crippen molar-refractivity contribution in [3.63, 3.8) is 0 Å². The smallest absolute Gasteiger partial charge is 0.224 e. The number of ether oxygens (including phenoxy) is 1. The molecular formula is C24H41N5O2. The van der Waals surface area contributed by atoms with Gasteiger partial charge in [0.25, 0.3) is 0 Å². The molecule has 7 nitrogen and oxygen atoms in total. The zero-order valence-corrected chi connectivity index (χ0v) is 19.8. The molecule has 174 valence electrons. The van der Waals surface area contributed by atoms with E-state index in [0.29, 0.717) is 31.5 Å². The van der Waals surface area contributed by atoms with E-state index in [1.807, 2.05) is 37.4 Å². The molecule has 0 saturated carbocycles. The van der Waals surface area contributed by atoms with Gasteiger partial charge in [-0.05, 0) is 24.8 Å². The molecule has 1 aliphatic heterocycles. The maximum atomic E-state index is 12.5. The summed E-state index contributed by atoms with van der Waals surface area (Å²) in [7, 11) is 1.85. The fourth-order valence-electron chi connectivity index (χ4n) is 3.79. The SMILES string of the molecule is CCNC(=NCC(CC(C)C)N1CCOCC1)NCCC(=O)N(C)Cc1ccccc1. The first kappa shape index (κ1) is 25.1. The molecule has 1 saturated heterocycles.